The Kier molecular flexibility index (Phi) is 7.85. The first kappa shape index (κ1) is 29.2. The SMILES string of the molecule is CCc1ncnc(-c2cccnc2Oc2ccc(NC(=O)Nc3cc(C(F)(F)F)cc(C(F)(F)F)c3)c3ccccc23)n1. The van der Waals surface area contributed by atoms with Crippen LogP contribution in [0.3, 0.4) is 0 Å². The fraction of sp³-hybridized carbons (Fsp3) is 0.138. The number of benzene rings is 3. The van der Waals surface area contributed by atoms with Crippen molar-refractivity contribution in [3.8, 4) is 23.0 Å². The van der Waals surface area contributed by atoms with Crippen LogP contribution in [0.2, 0.25) is 0 Å². The average molecular weight is 599 g/mol. The van der Waals surface area contributed by atoms with Crippen molar-refractivity contribution in [1.82, 2.24) is 19.9 Å². The lowest BCUT2D eigenvalue weighted by Gasteiger charge is -2.16. The predicted octanol–water partition coefficient (Wildman–Crippen LogP) is 8.12. The number of ether oxygens (including phenoxy) is 1. The zero-order chi connectivity index (χ0) is 30.8. The minimum atomic E-state index is -5.06. The van der Waals surface area contributed by atoms with E-state index in [0.717, 1.165) is 0 Å². The molecule has 0 atom stereocenters. The average Bonchev–Trinajstić information content (AvgIpc) is 2.97. The van der Waals surface area contributed by atoms with Gasteiger partial charge in [0.15, 0.2) is 5.82 Å². The van der Waals surface area contributed by atoms with Crippen LogP contribution in [0.5, 0.6) is 11.6 Å². The molecule has 0 fully saturated rings. The lowest BCUT2D eigenvalue weighted by molar-refractivity contribution is -0.143. The molecule has 0 bridgehead atoms. The van der Waals surface area contributed by atoms with E-state index in [1.54, 1.807) is 36.4 Å². The van der Waals surface area contributed by atoms with Gasteiger partial charge in [0.05, 0.1) is 22.4 Å². The Bertz CT molecular complexity index is 1780. The number of alkyl halides is 6. The summed E-state index contributed by atoms with van der Waals surface area (Å²) in [6.07, 6.45) is -6.61. The molecule has 14 heteroatoms. The Balaban J connectivity index is 1.43. The lowest BCUT2D eigenvalue weighted by Crippen LogP contribution is -2.21. The highest BCUT2D eigenvalue weighted by molar-refractivity contribution is 6.07. The van der Waals surface area contributed by atoms with Gasteiger partial charge in [-0.2, -0.15) is 26.3 Å². The van der Waals surface area contributed by atoms with E-state index in [4.69, 9.17) is 4.74 Å². The number of nitrogens with one attached hydrogen (secondary N) is 2. The van der Waals surface area contributed by atoms with Gasteiger partial charge in [-0.1, -0.05) is 31.2 Å². The van der Waals surface area contributed by atoms with Gasteiger partial charge in [-0.05, 0) is 42.5 Å². The molecule has 0 spiro atoms. The fourth-order valence-electron chi connectivity index (χ4n) is 4.16. The maximum Gasteiger partial charge on any atom is 0.416 e. The molecule has 0 radical (unpaired) electrons. The Morgan fingerprint density at radius 3 is 2.19 bits per heavy atom. The molecule has 0 saturated heterocycles. The molecular formula is C29H20F6N6O2. The first-order valence-corrected chi connectivity index (χ1v) is 12.6. The molecule has 43 heavy (non-hydrogen) atoms. The van der Waals surface area contributed by atoms with Gasteiger partial charge < -0.3 is 15.4 Å². The molecule has 220 valence electrons. The van der Waals surface area contributed by atoms with Crippen molar-refractivity contribution in [3.63, 3.8) is 0 Å². The molecule has 5 rings (SSSR count). The van der Waals surface area contributed by atoms with E-state index in [9.17, 15) is 31.1 Å². The summed E-state index contributed by atoms with van der Waals surface area (Å²) in [5, 5.41) is 5.54. The zero-order valence-electron chi connectivity index (χ0n) is 22.1. The summed E-state index contributed by atoms with van der Waals surface area (Å²) in [7, 11) is 0. The third-order valence-corrected chi connectivity index (χ3v) is 6.13. The highest BCUT2D eigenvalue weighted by Gasteiger charge is 2.37. The Morgan fingerprint density at radius 1 is 0.814 bits per heavy atom. The van der Waals surface area contributed by atoms with Crippen LogP contribution in [0.4, 0.5) is 42.5 Å². The summed E-state index contributed by atoms with van der Waals surface area (Å²) in [6, 6.07) is 13.0. The van der Waals surface area contributed by atoms with Crippen molar-refractivity contribution < 1.29 is 35.9 Å². The fourth-order valence-corrected chi connectivity index (χ4v) is 4.16. The van der Waals surface area contributed by atoms with Gasteiger partial charge in [-0.3, -0.25) is 0 Å². The highest BCUT2D eigenvalue weighted by Crippen LogP contribution is 2.39. The minimum Gasteiger partial charge on any atom is -0.438 e. The minimum absolute atomic E-state index is 0.0220. The predicted molar refractivity (Wildman–Crippen MR) is 146 cm³/mol. The molecule has 8 nitrogen and oxygen atoms in total. The topological polar surface area (TPSA) is 102 Å². The van der Waals surface area contributed by atoms with Crippen LogP contribution in [0.15, 0.2) is 79.3 Å². The van der Waals surface area contributed by atoms with Crippen LogP contribution in [0.1, 0.15) is 23.9 Å². The Hall–Kier alpha value is -5.27. The summed E-state index contributed by atoms with van der Waals surface area (Å²) in [6.45, 7) is 1.90. The number of urea groups is 1. The normalized spacial score (nSPS) is 11.8. The molecule has 2 N–H and O–H groups in total. The molecule has 0 unspecified atom stereocenters. The molecule has 2 aromatic heterocycles. The molecule has 0 saturated carbocycles. The number of aromatic nitrogens is 4. The number of fused-ring (bicyclic) bond motifs is 1. The van der Waals surface area contributed by atoms with Crippen LogP contribution < -0.4 is 15.4 Å². The van der Waals surface area contributed by atoms with Crippen molar-refractivity contribution in [2.24, 2.45) is 0 Å². The van der Waals surface area contributed by atoms with Crippen molar-refractivity contribution in [2.75, 3.05) is 10.6 Å². The van der Waals surface area contributed by atoms with Crippen molar-refractivity contribution in [3.05, 3.63) is 96.2 Å². The molecule has 2 amide bonds. The van der Waals surface area contributed by atoms with Gasteiger partial charge in [0.2, 0.25) is 5.88 Å². The smallest absolute Gasteiger partial charge is 0.416 e. The number of pyridine rings is 1. The number of hydrogen-bond donors (Lipinski definition) is 2. The number of rotatable bonds is 6. The standard InChI is InChI=1S/C29H20F6N6O2/c1-2-24-37-15-38-25(41-24)21-8-5-11-36-26(21)43-23-10-9-22(19-6-3-4-7-20(19)23)40-27(42)39-18-13-16(28(30,31)32)12-17(14-18)29(33,34)35/h3-15H,2H2,1H3,(H2,39,40,42). The summed E-state index contributed by atoms with van der Waals surface area (Å²) in [5.74, 6) is 1.49. The lowest BCUT2D eigenvalue weighted by atomic mass is 10.1. The molecule has 5 aromatic rings. The number of hydrogen-bond acceptors (Lipinski definition) is 6. The third kappa shape index (κ3) is 6.63. The molecule has 3 aromatic carbocycles. The summed E-state index contributed by atoms with van der Waals surface area (Å²) in [5.41, 5.74) is -3.07. The first-order valence-electron chi connectivity index (χ1n) is 12.6. The second kappa shape index (κ2) is 11.5. The zero-order valence-corrected chi connectivity index (χ0v) is 22.1. The van der Waals surface area contributed by atoms with Gasteiger partial charge in [0.1, 0.15) is 17.9 Å². The van der Waals surface area contributed by atoms with Crippen molar-refractivity contribution in [2.45, 2.75) is 25.7 Å². The van der Waals surface area contributed by atoms with Crippen LogP contribution in [0, 0.1) is 0 Å². The Labute approximate surface area is 239 Å². The van der Waals surface area contributed by atoms with Crippen LogP contribution in [-0.4, -0.2) is 26.0 Å². The molecular weight excluding hydrogens is 578 g/mol. The van der Waals surface area contributed by atoms with Crippen LogP contribution in [-0.2, 0) is 18.8 Å². The van der Waals surface area contributed by atoms with E-state index in [1.807, 2.05) is 6.92 Å². The maximum absolute atomic E-state index is 13.2. The van der Waals surface area contributed by atoms with Crippen molar-refractivity contribution >= 4 is 28.2 Å². The van der Waals surface area contributed by atoms with E-state index in [-0.39, 0.29) is 17.6 Å². The molecule has 0 aliphatic rings. The second-order valence-corrected chi connectivity index (χ2v) is 9.07. The number of amides is 2. The summed E-state index contributed by atoms with van der Waals surface area (Å²) >= 11 is 0. The van der Waals surface area contributed by atoms with Gasteiger partial charge in [-0.25, -0.2) is 24.7 Å². The van der Waals surface area contributed by atoms with E-state index < -0.39 is 35.2 Å². The highest BCUT2D eigenvalue weighted by atomic mass is 19.4. The van der Waals surface area contributed by atoms with E-state index in [2.05, 4.69) is 30.6 Å². The first-order chi connectivity index (χ1) is 20.4. The second-order valence-electron chi connectivity index (χ2n) is 9.07. The third-order valence-electron chi connectivity index (χ3n) is 6.13. The number of carbonyl (C=O) groups is 1. The van der Waals surface area contributed by atoms with Gasteiger partial charge in [0, 0.05) is 29.1 Å². The molecule has 0 aliphatic heterocycles. The van der Waals surface area contributed by atoms with Crippen LogP contribution >= 0.6 is 0 Å². The quantitative estimate of drug-likeness (QED) is 0.192. The van der Waals surface area contributed by atoms with Gasteiger partial charge in [-0.15, -0.1) is 0 Å². The number of anilines is 2. The number of halogens is 6. The summed E-state index contributed by atoms with van der Waals surface area (Å²) < 4.78 is 85.5. The molecule has 0 aliphatic carbocycles. The van der Waals surface area contributed by atoms with E-state index in [1.165, 1.54) is 24.7 Å². The number of carbonyl (C=O) groups excluding carboxylic acids is 1. The number of aryl methyl sites for hydroxylation is 1. The van der Waals surface area contributed by atoms with Crippen LogP contribution in [0.25, 0.3) is 22.2 Å². The van der Waals surface area contributed by atoms with Crippen molar-refractivity contribution in [1.29, 1.82) is 0 Å². The monoisotopic (exact) mass is 598 g/mol. The molecule has 2 heterocycles. The van der Waals surface area contributed by atoms with Gasteiger partial charge >= 0.3 is 18.4 Å². The Morgan fingerprint density at radius 2 is 1.51 bits per heavy atom. The van der Waals surface area contributed by atoms with E-state index >= 15 is 0 Å². The van der Waals surface area contributed by atoms with E-state index in [0.29, 0.717) is 52.3 Å². The largest absolute Gasteiger partial charge is 0.438 e. The summed E-state index contributed by atoms with van der Waals surface area (Å²) in [4.78, 5) is 29.8. The van der Waals surface area contributed by atoms with Gasteiger partial charge in [0.25, 0.3) is 0 Å². The number of nitrogens with zero attached hydrogens (tertiary/aromatic N) is 4. The maximum atomic E-state index is 13.2.